The largest absolute Gasteiger partial charge is 0.504 e. The third kappa shape index (κ3) is 4.34. The summed E-state index contributed by atoms with van der Waals surface area (Å²) in [7, 11) is 0. The molecule has 6 nitrogen and oxygen atoms in total. The summed E-state index contributed by atoms with van der Waals surface area (Å²) in [5.74, 6) is -0.629. The Balaban J connectivity index is 1.84. The van der Waals surface area contributed by atoms with Crippen molar-refractivity contribution in [2.24, 2.45) is 0 Å². The first-order valence-corrected chi connectivity index (χ1v) is 10.1. The van der Waals surface area contributed by atoms with Gasteiger partial charge in [0.1, 0.15) is 5.75 Å². The molecule has 0 fully saturated rings. The number of rotatable bonds is 5. The summed E-state index contributed by atoms with van der Waals surface area (Å²) in [4.78, 5) is 10.7. The summed E-state index contributed by atoms with van der Waals surface area (Å²) in [6, 6.07) is 7.26. The minimum Gasteiger partial charge on any atom is -0.504 e. The van der Waals surface area contributed by atoms with E-state index in [1.807, 2.05) is 12.1 Å². The van der Waals surface area contributed by atoms with Crippen molar-refractivity contribution in [1.29, 1.82) is 0 Å². The lowest BCUT2D eigenvalue weighted by molar-refractivity contribution is -0.139. The summed E-state index contributed by atoms with van der Waals surface area (Å²) in [5, 5.41) is 31.8. The molecule has 0 radical (unpaired) electrons. The van der Waals surface area contributed by atoms with E-state index in [4.69, 9.17) is 9.84 Å². The van der Waals surface area contributed by atoms with E-state index >= 15 is 0 Å². The van der Waals surface area contributed by atoms with Crippen LogP contribution in [0.3, 0.4) is 0 Å². The monoisotopic (exact) mass is 581 g/mol. The Hall–Kier alpha value is -1.27. The second-order valence-electron chi connectivity index (χ2n) is 6.07. The number of phenols is 2. The van der Waals surface area contributed by atoms with Gasteiger partial charge >= 0.3 is 5.97 Å². The lowest BCUT2D eigenvalue weighted by Crippen LogP contribution is -2.31. The number of carboxylic acid groups (broad SMARTS) is 1. The second-order valence-corrected chi connectivity index (χ2v) is 8.40. The van der Waals surface area contributed by atoms with E-state index in [-0.39, 0.29) is 24.1 Å². The molecule has 2 aromatic rings. The predicted octanol–water partition coefficient (Wildman–Crippen LogP) is 3.20. The minimum atomic E-state index is -1.01. The summed E-state index contributed by atoms with van der Waals surface area (Å²) in [6.07, 6.45) is 1.51. The van der Waals surface area contributed by atoms with E-state index < -0.39 is 5.97 Å². The Morgan fingerprint density at radius 3 is 2.46 bits per heavy atom. The van der Waals surface area contributed by atoms with Gasteiger partial charge in [0.15, 0.2) is 18.1 Å². The fraction of sp³-hybridized carbons (Fsp3) is 0.278. The van der Waals surface area contributed by atoms with Crippen molar-refractivity contribution in [3.8, 4) is 17.2 Å². The van der Waals surface area contributed by atoms with Crippen molar-refractivity contribution in [3.05, 3.63) is 48.1 Å². The summed E-state index contributed by atoms with van der Waals surface area (Å²) >= 11 is 4.29. The average Bonchev–Trinajstić information content (AvgIpc) is 2.55. The lowest BCUT2D eigenvalue weighted by atomic mass is 9.90. The molecule has 0 amide bonds. The summed E-state index contributed by atoms with van der Waals surface area (Å²) < 4.78 is 7.08. The second kappa shape index (κ2) is 8.17. The number of halogens is 2. The molecule has 0 aliphatic carbocycles. The fourth-order valence-electron chi connectivity index (χ4n) is 3.09. The maximum atomic E-state index is 10.7. The maximum absolute atomic E-state index is 10.7. The molecule has 0 saturated carbocycles. The number of hydrogen-bond donors (Lipinski definition) is 4. The molecule has 0 spiro atoms. The zero-order valence-electron chi connectivity index (χ0n) is 13.6. The van der Waals surface area contributed by atoms with Crippen LogP contribution in [0, 0.1) is 7.14 Å². The van der Waals surface area contributed by atoms with Crippen LogP contribution >= 0.6 is 45.2 Å². The first kappa shape index (κ1) is 19.5. The molecule has 4 N–H and O–H groups in total. The number of fused-ring (bicyclic) bond motifs is 1. The van der Waals surface area contributed by atoms with Crippen LogP contribution < -0.4 is 10.1 Å². The molecule has 8 heteroatoms. The Kier molecular flexibility index (Phi) is 6.13. The molecule has 26 heavy (non-hydrogen) atoms. The number of nitrogens with one attached hydrogen (secondary N) is 1. The van der Waals surface area contributed by atoms with E-state index in [0.717, 1.165) is 36.8 Å². The molecule has 3 rings (SSSR count). The smallest absolute Gasteiger partial charge is 0.341 e. The van der Waals surface area contributed by atoms with Crippen LogP contribution in [0.15, 0.2) is 24.3 Å². The van der Waals surface area contributed by atoms with Crippen LogP contribution in [0.4, 0.5) is 0 Å². The third-order valence-electron chi connectivity index (χ3n) is 4.23. The fourth-order valence-corrected chi connectivity index (χ4v) is 5.30. The van der Waals surface area contributed by atoms with Gasteiger partial charge in [0.25, 0.3) is 0 Å². The molecule has 0 bridgehead atoms. The van der Waals surface area contributed by atoms with Gasteiger partial charge in [0, 0.05) is 6.04 Å². The maximum Gasteiger partial charge on any atom is 0.341 e. The SMILES string of the molecule is O=C(O)COc1c(I)cc(CC2NCCc3cc(O)c(O)cc32)cc1I. The van der Waals surface area contributed by atoms with Crippen molar-refractivity contribution >= 4 is 51.2 Å². The third-order valence-corrected chi connectivity index (χ3v) is 5.84. The Bertz CT molecular complexity index is 833. The standard InChI is InChI=1S/C18H17I2NO5/c19-12-3-9(4-13(20)18(12)26-8-17(24)25)5-14-11-7-16(23)15(22)6-10(11)1-2-21-14/h3-4,6-7,14,21-23H,1-2,5,8H2,(H,24,25). The van der Waals surface area contributed by atoms with Crippen LogP contribution in [-0.4, -0.2) is 34.4 Å². The quantitative estimate of drug-likeness (QED) is 0.320. The van der Waals surface area contributed by atoms with Crippen LogP contribution in [0.2, 0.25) is 0 Å². The Morgan fingerprint density at radius 1 is 1.15 bits per heavy atom. The molecule has 0 aromatic heterocycles. The summed E-state index contributed by atoms with van der Waals surface area (Å²) in [6.45, 7) is 0.432. The highest BCUT2D eigenvalue weighted by Crippen LogP contribution is 2.36. The molecule has 1 atom stereocenters. The van der Waals surface area contributed by atoms with E-state index in [0.29, 0.717) is 12.2 Å². The number of phenolic OH excluding ortho intramolecular Hbond substituents is 2. The van der Waals surface area contributed by atoms with Crippen molar-refractivity contribution in [3.63, 3.8) is 0 Å². The molecular weight excluding hydrogens is 564 g/mol. The minimum absolute atomic E-state index is 0.0302. The highest BCUT2D eigenvalue weighted by Gasteiger charge is 2.23. The zero-order valence-corrected chi connectivity index (χ0v) is 17.9. The van der Waals surface area contributed by atoms with Gasteiger partial charge in [-0.2, -0.15) is 0 Å². The zero-order chi connectivity index (χ0) is 18.8. The lowest BCUT2D eigenvalue weighted by Gasteiger charge is -2.28. The molecule has 0 saturated heterocycles. The van der Waals surface area contributed by atoms with Gasteiger partial charge in [-0.25, -0.2) is 4.79 Å². The summed E-state index contributed by atoms with van der Waals surface area (Å²) in [5.41, 5.74) is 3.11. The molecule has 138 valence electrons. The number of carboxylic acids is 1. The van der Waals surface area contributed by atoms with Gasteiger partial charge in [0.05, 0.1) is 7.14 Å². The van der Waals surface area contributed by atoms with E-state index in [2.05, 4.69) is 50.5 Å². The number of hydrogen-bond acceptors (Lipinski definition) is 5. The number of carbonyl (C=O) groups is 1. The van der Waals surface area contributed by atoms with Gasteiger partial charge in [-0.05, 0) is 106 Å². The Morgan fingerprint density at radius 2 is 1.81 bits per heavy atom. The number of aromatic hydroxyl groups is 2. The van der Waals surface area contributed by atoms with E-state index in [1.165, 1.54) is 0 Å². The molecule has 1 aliphatic rings. The van der Waals surface area contributed by atoms with Crippen LogP contribution in [0.5, 0.6) is 17.2 Å². The van der Waals surface area contributed by atoms with Crippen molar-refractivity contribution < 1.29 is 24.9 Å². The highest BCUT2D eigenvalue weighted by atomic mass is 127. The van der Waals surface area contributed by atoms with Crippen molar-refractivity contribution in [2.45, 2.75) is 18.9 Å². The average molecular weight is 581 g/mol. The van der Waals surface area contributed by atoms with Gasteiger partial charge in [-0.15, -0.1) is 0 Å². The number of benzene rings is 2. The van der Waals surface area contributed by atoms with Gasteiger partial charge < -0.3 is 25.4 Å². The molecule has 1 aliphatic heterocycles. The number of ether oxygens (including phenoxy) is 1. The first-order valence-electron chi connectivity index (χ1n) is 7.95. The van der Waals surface area contributed by atoms with Crippen LogP contribution in [0.1, 0.15) is 22.7 Å². The van der Waals surface area contributed by atoms with Crippen LogP contribution in [-0.2, 0) is 17.6 Å². The number of aliphatic carboxylic acids is 1. The predicted molar refractivity (Wildman–Crippen MR) is 113 cm³/mol. The normalized spacial score (nSPS) is 16.2. The topological polar surface area (TPSA) is 99.0 Å². The van der Waals surface area contributed by atoms with E-state index in [1.54, 1.807) is 12.1 Å². The highest BCUT2D eigenvalue weighted by molar-refractivity contribution is 14.1. The van der Waals surface area contributed by atoms with Gasteiger partial charge in [-0.3, -0.25) is 0 Å². The van der Waals surface area contributed by atoms with Gasteiger partial charge in [-0.1, -0.05) is 0 Å². The van der Waals surface area contributed by atoms with Crippen molar-refractivity contribution in [2.75, 3.05) is 13.2 Å². The molecule has 1 unspecified atom stereocenters. The Labute approximate surface area is 177 Å². The molecule has 1 heterocycles. The molecular formula is C18H17I2NO5. The van der Waals surface area contributed by atoms with E-state index in [9.17, 15) is 15.0 Å². The molecule has 2 aromatic carbocycles. The van der Waals surface area contributed by atoms with Crippen molar-refractivity contribution in [1.82, 2.24) is 5.32 Å². The van der Waals surface area contributed by atoms with Gasteiger partial charge in [0.2, 0.25) is 0 Å². The first-order chi connectivity index (χ1) is 12.3. The van der Waals surface area contributed by atoms with Crippen LogP contribution in [0.25, 0.3) is 0 Å².